The van der Waals surface area contributed by atoms with Crippen LogP contribution in [0.2, 0.25) is 0 Å². The standard InChI is InChI=1S/C31H28N2O7/c1-19-13-29(40-18-31(36)37)28(38-2)15-25(19)26-16-27(21-7-10-23(34)11-8-21)33(32-26)30(35)17-39-24-12-9-20-5-3-4-6-22(20)14-24/h3-15,27,34H,16-18H2,1-2H3,(H,36,37). The molecule has 0 spiro atoms. The van der Waals surface area contributed by atoms with Gasteiger partial charge in [0, 0.05) is 12.0 Å². The molecule has 40 heavy (non-hydrogen) atoms. The molecule has 1 unspecified atom stereocenters. The number of benzene rings is 4. The van der Waals surface area contributed by atoms with Crippen LogP contribution in [-0.4, -0.2) is 53.1 Å². The van der Waals surface area contributed by atoms with E-state index in [0.717, 1.165) is 27.5 Å². The Balaban J connectivity index is 1.42. The van der Waals surface area contributed by atoms with Gasteiger partial charge in [0.2, 0.25) is 0 Å². The van der Waals surface area contributed by atoms with Crippen LogP contribution in [0.3, 0.4) is 0 Å². The average molecular weight is 541 g/mol. The van der Waals surface area contributed by atoms with Crippen molar-refractivity contribution in [2.24, 2.45) is 5.10 Å². The number of phenolic OH excluding ortho intramolecular Hbond substituents is 1. The van der Waals surface area contributed by atoms with Gasteiger partial charge in [0.1, 0.15) is 11.5 Å². The minimum absolute atomic E-state index is 0.123. The van der Waals surface area contributed by atoms with Crippen LogP contribution in [0.4, 0.5) is 0 Å². The highest BCUT2D eigenvalue weighted by atomic mass is 16.5. The third-order valence-corrected chi connectivity index (χ3v) is 6.70. The van der Waals surface area contributed by atoms with Crippen LogP contribution >= 0.6 is 0 Å². The quantitative estimate of drug-likeness (QED) is 0.304. The number of carboxylic acid groups (broad SMARTS) is 1. The van der Waals surface area contributed by atoms with E-state index in [1.807, 2.05) is 49.4 Å². The zero-order valence-electron chi connectivity index (χ0n) is 22.0. The second-order valence-electron chi connectivity index (χ2n) is 9.39. The summed E-state index contributed by atoms with van der Waals surface area (Å²) in [6, 6.07) is 23.3. The molecule has 0 fully saturated rings. The molecule has 0 saturated heterocycles. The summed E-state index contributed by atoms with van der Waals surface area (Å²) in [4.78, 5) is 24.4. The van der Waals surface area contributed by atoms with Gasteiger partial charge in [0.05, 0.1) is 18.9 Å². The summed E-state index contributed by atoms with van der Waals surface area (Å²) in [6.07, 6.45) is 0.409. The second-order valence-corrected chi connectivity index (χ2v) is 9.39. The molecule has 4 aromatic carbocycles. The van der Waals surface area contributed by atoms with Crippen LogP contribution in [0.15, 0.2) is 84.0 Å². The number of carboxylic acids is 1. The maximum Gasteiger partial charge on any atom is 0.341 e. The molecule has 0 radical (unpaired) electrons. The smallest absolute Gasteiger partial charge is 0.341 e. The minimum Gasteiger partial charge on any atom is -0.508 e. The summed E-state index contributed by atoms with van der Waals surface area (Å²) in [6.45, 7) is 1.14. The number of phenols is 1. The Morgan fingerprint density at radius 3 is 2.40 bits per heavy atom. The number of fused-ring (bicyclic) bond motifs is 1. The Bertz CT molecular complexity index is 1600. The maximum absolute atomic E-state index is 13.5. The summed E-state index contributed by atoms with van der Waals surface area (Å²) in [7, 11) is 1.47. The van der Waals surface area contributed by atoms with Gasteiger partial charge in [-0.1, -0.05) is 42.5 Å². The van der Waals surface area contributed by atoms with Crippen molar-refractivity contribution in [3.63, 3.8) is 0 Å². The average Bonchev–Trinajstić information content (AvgIpc) is 3.40. The van der Waals surface area contributed by atoms with E-state index >= 15 is 0 Å². The Labute approximate surface area is 230 Å². The molecule has 1 atom stereocenters. The van der Waals surface area contributed by atoms with Crippen LogP contribution in [0, 0.1) is 6.92 Å². The first-order valence-corrected chi connectivity index (χ1v) is 12.7. The highest BCUT2D eigenvalue weighted by molar-refractivity contribution is 6.05. The lowest BCUT2D eigenvalue weighted by Gasteiger charge is -2.22. The van der Waals surface area contributed by atoms with Crippen molar-refractivity contribution in [3.8, 4) is 23.0 Å². The fourth-order valence-electron chi connectivity index (χ4n) is 4.71. The number of nitrogens with zero attached hydrogens (tertiary/aromatic N) is 2. The molecule has 9 nitrogen and oxygen atoms in total. The first-order chi connectivity index (χ1) is 19.3. The minimum atomic E-state index is -1.10. The van der Waals surface area contributed by atoms with E-state index in [1.54, 1.807) is 36.4 Å². The van der Waals surface area contributed by atoms with E-state index in [-0.39, 0.29) is 18.3 Å². The number of aryl methyl sites for hydroxylation is 1. The van der Waals surface area contributed by atoms with E-state index < -0.39 is 18.6 Å². The largest absolute Gasteiger partial charge is 0.508 e. The molecule has 0 bridgehead atoms. The van der Waals surface area contributed by atoms with E-state index in [1.165, 1.54) is 12.1 Å². The predicted molar refractivity (Wildman–Crippen MR) is 149 cm³/mol. The SMILES string of the molecule is COc1cc(C2=NN(C(=O)COc3ccc4ccccc4c3)C(c3ccc(O)cc3)C2)c(C)cc1OCC(=O)O. The zero-order chi connectivity index (χ0) is 28.2. The summed E-state index contributed by atoms with van der Waals surface area (Å²) in [5, 5.41) is 27.0. The summed E-state index contributed by atoms with van der Waals surface area (Å²) in [5.41, 5.74) is 2.99. The molecule has 0 aromatic heterocycles. The highest BCUT2D eigenvalue weighted by Crippen LogP contribution is 2.37. The van der Waals surface area contributed by atoms with Gasteiger partial charge >= 0.3 is 5.97 Å². The van der Waals surface area contributed by atoms with E-state index in [0.29, 0.717) is 29.4 Å². The molecule has 4 aromatic rings. The van der Waals surface area contributed by atoms with Crippen LogP contribution < -0.4 is 14.2 Å². The third kappa shape index (κ3) is 5.68. The summed E-state index contributed by atoms with van der Waals surface area (Å²) >= 11 is 0. The van der Waals surface area contributed by atoms with Crippen LogP contribution in [-0.2, 0) is 9.59 Å². The molecule has 1 aliphatic heterocycles. The Morgan fingerprint density at radius 2 is 1.68 bits per heavy atom. The van der Waals surface area contributed by atoms with Gasteiger partial charge in [-0.05, 0) is 65.2 Å². The zero-order valence-corrected chi connectivity index (χ0v) is 22.0. The number of methoxy groups -OCH3 is 1. The summed E-state index contributed by atoms with van der Waals surface area (Å²) in [5.74, 6) is -0.0631. The number of hydrazone groups is 1. The van der Waals surface area contributed by atoms with E-state index in [4.69, 9.17) is 24.4 Å². The predicted octanol–water partition coefficient (Wildman–Crippen LogP) is 5.08. The maximum atomic E-state index is 13.5. The van der Waals surface area contributed by atoms with Crippen LogP contribution in [0.25, 0.3) is 10.8 Å². The molecule has 9 heteroatoms. The van der Waals surface area contributed by atoms with Gasteiger partial charge in [-0.25, -0.2) is 9.80 Å². The number of carbonyl (C=O) groups excluding carboxylic acids is 1. The lowest BCUT2D eigenvalue weighted by atomic mass is 9.95. The van der Waals surface area contributed by atoms with E-state index in [9.17, 15) is 14.7 Å². The second kappa shape index (κ2) is 11.4. The number of aliphatic carboxylic acids is 1. The molecule has 0 saturated carbocycles. The Hall–Kier alpha value is -5.05. The summed E-state index contributed by atoms with van der Waals surface area (Å²) < 4.78 is 16.7. The Morgan fingerprint density at radius 1 is 0.925 bits per heavy atom. The van der Waals surface area contributed by atoms with Gasteiger partial charge < -0.3 is 24.4 Å². The number of hydrogen-bond acceptors (Lipinski definition) is 7. The molecule has 204 valence electrons. The van der Waals surface area contributed by atoms with Crippen molar-refractivity contribution < 1.29 is 34.0 Å². The number of rotatable bonds is 9. The number of hydrogen-bond donors (Lipinski definition) is 2. The van der Waals surface area contributed by atoms with E-state index in [2.05, 4.69) is 0 Å². The van der Waals surface area contributed by atoms with Crippen molar-refractivity contribution in [1.29, 1.82) is 0 Å². The van der Waals surface area contributed by atoms with Crippen molar-refractivity contribution in [2.45, 2.75) is 19.4 Å². The van der Waals surface area contributed by atoms with Gasteiger partial charge in [0.15, 0.2) is 24.7 Å². The van der Waals surface area contributed by atoms with Gasteiger partial charge in [0.25, 0.3) is 5.91 Å². The fraction of sp³-hybridized carbons (Fsp3) is 0.194. The van der Waals surface area contributed by atoms with Crippen molar-refractivity contribution in [2.75, 3.05) is 20.3 Å². The molecule has 1 amide bonds. The normalized spacial score (nSPS) is 14.6. The van der Waals surface area contributed by atoms with Crippen LogP contribution in [0.1, 0.15) is 29.2 Å². The Kier molecular flexibility index (Phi) is 7.54. The third-order valence-electron chi connectivity index (χ3n) is 6.70. The van der Waals surface area contributed by atoms with Gasteiger partial charge in [-0.15, -0.1) is 0 Å². The molecule has 1 aliphatic rings. The number of amides is 1. The first kappa shape index (κ1) is 26.6. The number of aromatic hydroxyl groups is 1. The van der Waals surface area contributed by atoms with Gasteiger partial charge in [-0.2, -0.15) is 5.10 Å². The topological polar surface area (TPSA) is 118 Å². The highest BCUT2D eigenvalue weighted by Gasteiger charge is 2.34. The molecule has 0 aliphatic carbocycles. The molecular formula is C31H28N2O7. The number of carbonyl (C=O) groups is 2. The molecule has 2 N–H and O–H groups in total. The molecular weight excluding hydrogens is 512 g/mol. The lowest BCUT2D eigenvalue weighted by Crippen LogP contribution is -2.31. The monoisotopic (exact) mass is 540 g/mol. The van der Waals surface area contributed by atoms with Crippen LogP contribution in [0.5, 0.6) is 23.0 Å². The van der Waals surface area contributed by atoms with Crippen molar-refractivity contribution >= 4 is 28.4 Å². The number of ether oxygens (including phenoxy) is 3. The fourth-order valence-corrected chi connectivity index (χ4v) is 4.71. The lowest BCUT2D eigenvalue weighted by molar-refractivity contribution is -0.139. The van der Waals surface area contributed by atoms with Gasteiger partial charge in [-0.3, -0.25) is 4.79 Å². The molecule has 5 rings (SSSR count). The molecule has 1 heterocycles. The first-order valence-electron chi connectivity index (χ1n) is 12.7. The van der Waals surface area contributed by atoms with Crippen molar-refractivity contribution in [3.05, 3.63) is 95.6 Å². The van der Waals surface area contributed by atoms with Crippen molar-refractivity contribution in [1.82, 2.24) is 5.01 Å².